The number of benzene rings is 1. The van der Waals surface area contributed by atoms with Crippen molar-refractivity contribution in [3.8, 4) is 0 Å². The predicted octanol–water partition coefficient (Wildman–Crippen LogP) is 2.83. The van der Waals surface area contributed by atoms with Crippen LogP contribution in [-0.4, -0.2) is 22.1 Å². The number of ether oxygens (including phenoxy) is 1. The molecule has 0 aliphatic rings. The van der Waals surface area contributed by atoms with Gasteiger partial charge in [-0.15, -0.1) is 0 Å². The second-order valence-electron chi connectivity index (χ2n) is 5.60. The summed E-state index contributed by atoms with van der Waals surface area (Å²) in [6.07, 6.45) is 1.44. The highest BCUT2D eigenvalue weighted by Gasteiger charge is 2.23. The number of rotatable bonds is 4. The van der Waals surface area contributed by atoms with Gasteiger partial charge in [0.25, 0.3) is 5.56 Å². The predicted molar refractivity (Wildman–Crippen MR) is 89.2 cm³/mol. The molecule has 24 heavy (non-hydrogen) atoms. The van der Waals surface area contributed by atoms with Crippen LogP contribution in [-0.2, 0) is 11.3 Å². The zero-order chi connectivity index (χ0) is 17.3. The van der Waals surface area contributed by atoms with Gasteiger partial charge in [-0.25, -0.2) is 9.78 Å². The van der Waals surface area contributed by atoms with Gasteiger partial charge in [0.2, 0.25) is 5.71 Å². The first kappa shape index (κ1) is 16.0. The summed E-state index contributed by atoms with van der Waals surface area (Å²) in [5, 5.41) is 0.168. The SMILES string of the molecule is CCOC(=O)c1c(C)oc2ncn(Cc3cccc(C)c3)c(=O)c12. The van der Waals surface area contributed by atoms with Crippen LogP contribution in [0, 0.1) is 13.8 Å². The molecule has 0 aliphatic heterocycles. The summed E-state index contributed by atoms with van der Waals surface area (Å²) in [6.45, 7) is 5.92. The van der Waals surface area contributed by atoms with Gasteiger partial charge in [-0.1, -0.05) is 29.8 Å². The molecule has 1 aromatic carbocycles. The van der Waals surface area contributed by atoms with Crippen molar-refractivity contribution in [2.75, 3.05) is 6.61 Å². The summed E-state index contributed by atoms with van der Waals surface area (Å²) in [7, 11) is 0. The van der Waals surface area contributed by atoms with Crippen LogP contribution in [0.4, 0.5) is 0 Å². The Kier molecular flexibility index (Phi) is 4.20. The van der Waals surface area contributed by atoms with Gasteiger partial charge in [-0.2, -0.15) is 0 Å². The molecule has 0 unspecified atom stereocenters. The Hall–Kier alpha value is -2.89. The van der Waals surface area contributed by atoms with Gasteiger partial charge in [0.1, 0.15) is 23.0 Å². The topological polar surface area (TPSA) is 74.3 Å². The van der Waals surface area contributed by atoms with E-state index >= 15 is 0 Å². The quantitative estimate of drug-likeness (QED) is 0.689. The smallest absolute Gasteiger partial charge is 0.342 e. The molecule has 0 spiro atoms. The zero-order valence-corrected chi connectivity index (χ0v) is 13.8. The van der Waals surface area contributed by atoms with Crippen LogP contribution in [0.15, 0.2) is 39.8 Å². The van der Waals surface area contributed by atoms with E-state index in [1.165, 1.54) is 10.9 Å². The molecule has 0 amide bonds. The number of esters is 1. The molecule has 0 fully saturated rings. The number of nitrogens with zero attached hydrogens (tertiary/aromatic N) is 2. The Morgan fingerprint density at radius 1 is 1.33 bits per heavy atom. The lowest BCUT2D eigenvalue weighted by atomic mass is 10.1. The summed E-state index contributed by atoms with van der Waals surface area (Å²) >= 11 is 0. The van der Waals surface area contributed by atoms with Crippen molar-refractivity contribution in [1.82, 2.24) is 9.55 Å². The van der Waals surface area contributed by atoms with Crippen LogP contribution in [0.2, 0.25) is 0 Å². The average Bonchev–Trinajstić information content (AvgIpc) is 2.87. The Bertz CT molecular complexity index is 969. The van der Waals surface area contributed by atoms with Crippen molar-refractivity contribution >= 4 is 17.1 Å². The van der Waals surface area contributed by atoms with Gasteiger partial charge in [0, 0.05) is 0 Å². The highest BCUT2D eigenvalue weighted by molar-refractivity contribution is 6.03. The fraction of sp³-hybridized carbons (Fsp3) is 0.278. The summed E-state index contributed by atoms with van der Waals surface area (Å²) < 4.78 is 11.9. The van der Waals surface area contributed by atoms with Crippen molar-refractivity contribution in [1.29, 1.82) is 0 Å². The minimum Gasteiger partial charge on any atom is -0.462 e. The van der Waals surface area contributed by atoms with Gasteiger partial charge in [-0.05, 0) is 26.3 Å². The highest BCUT2D eigenvalue weighted by atomic mass is 16.5. The molecule has 6 nitrogen and oxygen atoms in total. The van der Waals surface area contributed by atoms with Crippen molar-refractivity contribution in [3.63, 3.8) is 0 Å². The molecule has 0 saturated heterocycles. The summed E-state index contributed by atoms with van der Waals surface area (Å²) in [4.78, 5) is 29.1. The van der Waals surface area contributed by atoms with Crippen LogP contribution in [0.1, 0.15) is 34.2 Å². The Morgan fingerprint density at radius 3 is 2.83 bits per heavy atom. The van der Waals surface area contributed by atoms with Crippen molar-refractivity contribution < 1.29 is 13.9 Å². The third kappa shape index (κ3) is 2.82. The second-order valence-corrected chi connectivity index (χ2v) is 5.60. The zero-order valence-electron chi connectivity index (χ0n) is 13.8. The fourth-order valence-electron chi connectivity index (χ4n) is 2.71. The van der Waals surface area contributed by atoms with Crippen LogP contribution in [0.3, 0.4) is 0 Å². The van der Waals surface area contributed by atoms with Crippen LogP contribution in [0.25, 0.3) is 11.1 Å². The Labute approximate surface area is 138 Å². The first-order valence-corrected chi connectivity index (χ1v) is 7.72. The first-order chi connectivity index (χ1) is 11.5. The standard InChI is InChI=1S/C18H18N2O4/c1-4-23-18(22)14-12(3)24-16-15(14)17(21)20(10-19-16)9-13-7-5-6-11(2)8-13/h5-8,10H,4,9H2,1-3H3. The molecule has 0 radical (unpaired) electrons. The maximum Gasteiger partial charge on any atom is 0.342 e. The van der Waals surface area contributed by atoms with Gasteiger partial charge < -0.3 is 9.15 Å². The molecule has 6 heteroatoms. The van der Waals surface area contributed by atoms with E-state index in [0.717, 1.165) is 11.1 Å². The van der Waals surface area contributed by atoms with Gasteiger partial charge in [0.05, 0.1) is 13.2 Å². The monoisotopic (exact) mass is 326 g/mol. The van der Waals surface area contributed by atoms with Crippen molar-refractivity contribution in [2.45, 2.75) is 27.3 Å². The van der Waals surface area contributed by atoms with Crippen LogP contribution in [0.5, 0.6) is 0 Å². The maximum absolute atomic E-state index is 12.8. The number of aromatic nitrogens is 2. The van der Waals surface area contributed by atoms with Crippen molar-refractivity contribution in [2.24, 2.45) is 0 Å². The van der Waals surface area contributed by atoms with Gasteiger partial charge >= 0.3 is 5.97 Å². The minimum atomic E-state index is -0.569. The lowest BCUT2D eigenvalue weighted by molar-refractivity contribution is 0.0526. The van der Waals surface area contributed by atoms with Gasteiger partial charge in [0.15, 0.2) is 0 Å². The molecule has 0 bridgehead atoms. The number of hydrogen-bond donors (Lipinski definition) is 0. The second kappa shape index (κ2) is 6.31. The highest BCUT2D eigenvalue weighted by Crippen LogP contribution is 2.21. The number of carbonyl (C=O) groups is 1. The minimum absolute atomic E-state index is 0.154. The molecule has 2 heterocycles. The molecule has 124 valence electrons. The third-order valence-electron chi connectivity index (χ3n) is 3.77. The molecular formula is C18H18N2O4. The number of hydrogen-bond acceptors (Lipinski definition) is 5. The molecule has 0 aliphatic carbocycles. The van der Waals surface area contributed by atoms with E-state index in [2.05, 4.69) is 4.98 Å². The number of carbonyl (C=O) groups excluding carboxylic acids is 1. The number of aryl methyl sites for hydroxylation is 2. The normalized spacial score (nSPS) is 11.0. The van der Waals surface area contributed by atoms with E-state index in [1.54, 1.807) is 13.8 Å². The summed E-state index contributed by atoms with van der Waals surface area (Å²) in [6, 6.07) is 7.87. The lowest BCUT2D eigenvalue weighted by Gasteiger charge is -2.06. The van der Waals surface area contributed by atoms with Crippen LogP contribution >= 0.6 is 0 Å². The molecule has 0 N–H and O–H groups in total. The maximum atomic E-state index is 12.8. The molecule has 3 rings (SSSR count). The Balaban J connectivity index is 2.11. The van der Waals surface area contributed by atoms with Crippen LogP contribution < -0.4 is 5.56 Å². The lowest BCUT2D eigenvalue weighted by Crippen LogP contribution is -2.22. The average molecular weight is 326 g/mol. The van der Waals surface area contributed by atoms with E-state index in [9.17, 15) is 9.59 Å². The largest absolute Gasteiger partial charge is 0.462 e. The Morgan fingerprint density at radius 2 is 2.12 bits per heavy atom. The van der Waals surface area contributed by atoms with E-state index in [-0.39, 0.29) is 28.8 Å². The van der Waals surface area contributed by atoms with E-state index in [4.69, 9.17) is 9.15 Å². The number of furan rings is 1. The summed E-state index contributed by atoms with van der Waals surface area (Å²) in [5.41, 5.74) is 2.09. The fourth-order valence-corrected chi connectivity index (χ4v) is 2.71. The molecule has 0 atom stereocenters. The molecular weight excluding hydrogens is 308 g/mol. The third-order valence-corrected chi connectivity index (χ3v) is 3.77. The van der Waals surface area contributed by atoms with E-state index in [0.29, 0.717) is 12.3 Å². The van der Waals surface area contributed by atoms with E-state index < -0.39 is 5.97 Å². The van der Waals surface area contributed by atoms with Gasteiger partial charge in [-0.3, -0.25) is 9.36 Å². The summed E-state index contributed by atoms with van der Waals surface area (Å²) in [5.74, 6) is -0.234. The molecule has 3 aromatic rings. The van der Waals surface area contributed by atoms with Crippen molar-refractivity contribution in [3.05, 3.63) is 63.4 Å². The molecule has 0 saturated carbocycles. The molecule has 2 aromatic heterocycles. The van der Waals surface area contributed by atoms with E-state index in [1.807, 2.05) is 31.2 Å². The first-order valence-electron chi connectivity index (χ1n) is 7.72. The number of fused-ring (bicyclic) bond motifs is 1.